The van der Waals surface area contributed by atoms with Gasteiger partial charge in [-0.25, -0.2) is 16.8 Å². The van der Waals surface area contributed by atoms with Crippen LogP contribution < -0.4 is 29.4 Å². The van der Waals surface area contributed by atoms with Crippen LogP contribution in [0.3, 0.4) is 0 Å². The number of nitrogens with two attached hydrogens (primary N) is 1. The highest BCUT2D eigenvalue weighted by Gasteiger charge is 2.20. The van der Waals surface area contributed by atoms with Crippen LogP contribution in [0.25, 0.3) is 22.8 Å². The van der Waals surface area contributed by atoms with E-state index < -0.39 is 19.1 Å². The molecule has 51 heavy (non-hydrogen) atoms. The lowest BCUT2D eigenvalue weighted by atomic mass is 10.2. The third kappa shape index (κ3) is 10.7. The highest BCUT2D eigenvalue weighted by atomic mass is 35.7. The van der Waals surface area contributed by atoms with Crippen molar-refractivity contribution in [1.82, 2.24) is 18.7 Å². The van der Waals surface area contributed by atoms with Crippen LogP contribution in [0, 0.1) is 0 Å². The van der Waals surface area contributed by atoms with Crippen molar-refractivity contribution in [2.45, 2.75) is 9.79 Å². The first kappa shape index (κ1) is 38.8. The molecule has 0 unspecified atom stereocenters. The van der Waals surface area contributed by atoms with E-state index >= 15 is 0 Å². The van der Waals surface area contributed by atoms with E-state index in [1.807, 2.05) is 60.7 Å². The minimum atomic E-state index is -3.82. The largest absolute Gasteiger partial charge is 0.493 e. The van der Waals surface area contributed by atoms with Crippen molar-refractivity contribution in [3.8, 4) is 45.8 Å². The van der Waals surface area contributed by atoms with Crippen molar-refractivity contribution in [2.75, 3.05) is 38.9 Å². The molecule has 0 spiro atoms. The van der Waals surface area contributed by atoms with Gasteiger partial charge in [0.15, 0.2) is 39.8 Å². The zero-order chi connectivity index (χ0) is 37.0. The molecule has 2 heterocycles. The van der Waals surface area contributed by atoms with Crippen LogP contribution in [-0.2, 0) is 19.1 Å². The third-order valence-corrected chi connectivity index (χ3v) is 10.4. The van der Waals surface area contributed by atoms with E-state index in [1.165, 1.54) is 76.4 Å². The molecule has 0 amide bonds. The van der Waals surface area contributed by atoms with Gasteiger partial charge in [-0.05, 0) is 24.3 Å². The number of methoxy groups -OCH3 is 4. The highest BCUT2D eigenvalue weighted by molar-refractivity contribution is 8.13. The minimum Gasteiger partial charge on any atom is -0.493 e. The monoisotopic (exact) mass is 790 g/mol. The molecule has 6 rings (SSSR count). The summed E-state index contributed by atoms with van der Waals surface area (Å²) in [5.74, 6) is 2.73. The Morgan fingerprint density at radius 1 is 0.608 bits per heavy atom. The first-order valence-electron chi connectivity index (χ1n) is 14.3. The van der Waals surface area contributed by atoms with Gasteiger partial charge in [0.1, 0.15) is 0 Å². The first-order chi connectivity index (χ1) is 24.4. The van der Waals surface area contributed by atoms with Crippen LogP contribution in [0.5, 0.6) is 23.0 Å². The smallest absolute Gasteiger partial charge is 0.263 e. The molecule has 4 aromatic carbocycles. The Labute approximate surface area is 307 Å². The molecule has 2 aromatic heterocycles. The average molecular weight is 791 g/mol. The summed E-state index contributed by atoms with van der Waals surface area (Å²) in [4.78, 5) is 8.32. The predicted octanol–water partition coefficient (Wildman–Crippen LogP) is 6.44. The van der Waals surface area contributed by atoms with Crippen molar-refractivity contribution in [2.24, 2.45) is 0 Å². The lowest BCUT2D eigenvalue weighted by Gasteiger charge is -2.10. The number of nitrogen functional groups attached to an aromatic ring is 1. The second-order valence-electron chi connectivity index (χ2n) is 9.69. The average Bonchev–Trinajstić information content (AvgIpc) is 3.80. The lowest BCUT2D eigenvalue weighted by Crippen LogP contribution is -2.13. The molecular weight excluding hydrogens is 760 g/mol. The molecule has 0 atom stereocenters. The van der Waals surface area contributed by atoms with Gasteiger partial charge in [0.2, 0.25) is 5.13 Å². The standard InChI is InChI=1S/C16H15N3O4S2.C8H9ClO4S.C8H7N3S/c1-22-13-9-8-12(10-14(13)23-2)25(20,21)19-16-17-15(18-24-16)11-6-4-3-5-7-11;1-12-7-4-3-6(14(9,10)11)5-8(7)13-2;9-8-10-7(11-12-8)6-4-2-1-3-5-6/h3-10H,1-2H3,(H,17,18,19);3-5H,1-2H3;1-5H,(H2,9,10,11). The third-order valence-electron chi connectivity index (χ3n) is 6.46. The molecule has 0 fully saturated rings. The number of nitrogens with zero attached hydrogens (tertiary/aromatic N) is 4. The Kier molecular flexibility index (Phi) is 13.5. The Morgan fingerprint density at radius 2 is 1.06 bits per heavy atom. The number of rotatable bonds is 10. The zero-order valence-corrected chi connectivity index (χ0v) is 31.4. The van der Waals surface area contributed by atoms with Gasteiger partial charge in [0, 0.05) is 57.0 Å². The fourth-order valence-corrected chi connectivity index (χ4v) is 7.08. The maximum atomic E-state index is 12.5. The number of benzene rings is 4. The number of sulfonamides is 1. The van der Waals surface area contributed by atoms with E-state index in [0.29, 0.717) is 39.8 Å². The fourth-order valence-electron chi connectivity index (χ4n) is 4.03. The summed E-state index contributed by atoms with van der Waals surface area (Å²) in [5.41, 5.74) is 7.28. The summed E-state index contributed by atoms with van der Waals surface area (Å²) in [6, 6.07) is 27.6. The minimum absolute atomic E-state index is 0.0168. The van der Waals surface area contributed by atoms with Crippen molar-refractivity contribution in [1.29, 1.82) is 0 Å². The summed E-state index contributed by atoms with van der Waals surface area (Å²) in [6.07, 6.45) is 0. The van der Waals surface area contributed by atoms with Crippen molar-refractivity contribution in [3.63, 3.8) is 0 Å². The van der Waals surface area contributed by atoms with E-state index in [-0.39, 0.29) is 14.9 Å². The molecule has 0 bridgehead atoms. The Hall–Kier alpha value is -5.01. The van der Waals surface area contributed by atoms with Gasteiger partial charge < -0.3 is 24.7 Å². The van der Waals surface area contributed by atoms with Gasteiger partial charge in [-0.15, -0.1) is 0 Å². The summed E-state index contributed by atoms with van der Waals surface area (Å²) >= 11 is 2.19. The molecule has 0 aliphatic carbocycles. The Bertz CT molecular complexity index is 2260. The van der Waals surface area contributed by atoms with Gasteiger partial charge in [-0.2, -0.15) is 18.7 Å². The summed E-state index contributed by atoms with van der Waals surface area (Å²) < 4.78 is 77.9. The molecule has 0 aliphatic rings. The van der Waals surface area contributed by atoms with Crippen LogP contribution in [0.15, 0.2) is 107 Å². The normalized spacial score (nSPS) is 10.8. The van der Waals surface area contributed by atoms with E-state index in [1.54, 1.807) is 0 Å². The van der Waals surface area contributed by atoms with Crippen molar-refractivity contribution in [3.05, 3.63) is 97.1 Å². The van der Waals surface area contributed by atoms with Crippen molar-refractivity contribution >= 4 is 63.1 Å². The SMILES string of the molecule is COc1ccc(S(=O)(=O)Cl)cc1OC.COc1ccc(S(=O)(=O)Nc2nc(-c3ccccc3)ns2)cc1OC.Nc1nc(-c2ccccc2)ns1. The van der Waals surface area contributed by atoms with Crippen molar-refractivity contribution < 1.29 is 35.8 Å². The number of aromatic nitrogens is 4. The number of hydrogen-bond donors (Lipinski definition) is 2. The second kappa shape index (κ2) is 17.8. The van der Waals surface area contributed by atoms with Gasteiger partial charge in [0.25, 0.3) is 19.1 Å². The van der Waals surface area contributed by atoms with Crippen LogP contribution >= 0.6 is 33.7 Å². The van der Waals surface area contributed by atoms with Gasteiger partial charge in [-0.3, -0.25) is 4.72 Å². The fraction of sp³-hybridized carbons (Fsp3) is 0.125. The number of anilines is 2. The number of ether oxygens (including phenoxy) is 4. The maximum Gasteiger partial charge on any atom is 0.263 e. The van der Waals surface area contributed by atoms with Gasteiger partial charge in [0.05, 0.1) is 38.2 Å². The highest BCUT2D eigenvalue weighted by Crippen LogP contribution is 2.32. The van der Waals surface area contributed by atoms with E-state index in [4.69, 9.17) is 35.4 Å². The van der Waals surface area contributed by atoms with E-state index in [9.17, 15) is 16.8 Å². The number of nitrogens with one attached hydrogen (secondary N) is 1. The molecule has 19 heteroatoms. The topological polar surface area (TPSA) is 195 Å². The summed E-state index contributed by atoms with van der Waals surface area (Å²) in [7, 11) is 3.43. The van der Waals surface area contributed by atoms with E-state index in [0.717, 1.165) is 22.7 Å². The molecule has 6 aromatic rings. The molecule has 0 saturated carbocycles. The van der Waals surface area contributed by atoms with Crippen LogP contribution in [0.2, 0.25) is 0 Å². The van der Waals surface area contributed by atoms with Crippen LogP contribution in [0.4, 0.5) is 10.3 Å². The maximum absolute atomic E-state index is 12.5. The van der Waals surface area contributed by atoms with Gasteiger partial charge in [-0.1, -0.05) is 60.7 Å². The number of halogens is 1. The molecule has 0 radical (unpaired) electrons. The molecular formula is C32H31ClN6O8S4. The zero-order valence-electron chi connectivity index (χ0n) is 27.4. The Balaban J connectivity index is 0.000000189. The summed E-state index contributed by atoms with van der Waals surface area (Å²) in [5, 5.41) is 0.697. The summed E-state index contributed by atoms with van der Waals surface area (Å²) in [6.45, 7) is 0. The molecule has 0 aliphatic heterocycles. The Morgan fingerprint density at radius 3 is 1.51 bits per heavy atom. The second-order valence-corrected chi connectivity index (χ2v) is 15.5. The lowest BCUT2D eigenvalue weighted by molar-refractivity contribution is 0.354. The predicted molar refractivity (Wildman–Crippen MR) is 198 cm³/mol. The number of hydrogen-bond acceptors (Lipinski definition) is 15. The molecule has 14 nitrogen and oxygen atoms in total. The van der Waals surface area contributed by atoms with Gasteiger partial charge >= 0.3 is 0 Å². The molecule has 268 valence electrons. The quantitative estimate of drug-likeness (QED) is 0.144. The molecule has 0 saturated heterocycles. The first-order valence-corrected chi connectivity index (χ1v) is 19.7. The van der Waals surface area contributed by atoms with Crippen LogP contribution in [0.1, 0.15) is 0 Å². The van der Waals surface area contributed by atoms with E-state index in [2.05, 4.69) is 23.4 Å². The van der Waals surface area contributed by atoms with Crippen LogP contribution in [-0.4, -0.2) is 64.0 Å². The molecule has 3 N–H and O–H groups in total.